The van der Waals surface area contributed by atoms with Crippen LogP contribution in [0.25, 0.3) is 0 Å². The zero-order valence-corrected chi connectivity index (χ0v) is 14.9. The van der Waals surface area contributed by atoms with E-state index in [1.165, 1.54) is 18.9 Å². The van der Waals surface area contributed by atoms with Crippen molar-refractivity contribution in [2.45, 2.75) is 26.3 Å². The number of carbonyl (C=O) groups excluding carboxylic acids is 2. The number of hydrogen-bond acceptors (Lipinski definition) is 5. The van der Waals surface area contributed by atoms with Gasteiger partial charge in [0.2, 0.25) is 5.91 Å². The zero-order chi connectivity index (χ0) is 18.7. The number of hydrazone groups is 1. The lowest BCUT2D eigenvalue weighted by atomic mass is 9.98. The summed E-state index contributed by atoms with van der Waals surface area (Å²) in [5, 5.41) is 5.98. The van der Waals surface area contributed by atoms with Crippen LogP contribution in [0.4, 0.5) is 0 Å². The van der Waals surface area contributed by atoms with Crippen LogP contribution >= 0.6 is 0 Å². The number of esters is 1. The van der Waals surface area contributed by atoms with E-state index in [1.807, 2.05) is 36.4 Å². The molecular weight excluding hydrogens is 332 g/mol. The van der Waals surface area contributed by atoms with Crippen LogP contribution < -0.4 is 9.47 Å². The number of benzene rings is 2. The monoisotopic (exact) mass is 352 g/mol. The maximum Gasteiger partial charge on any atom is 0.308 e. The van der Waals surface area contributed by atoms with Crippen LogP contribution in [-0.2, 0) is 9.59 Å². The highest BCUT2D eigenvalue weighted by atomic mass is 16.5. The van der Waals surface area contributed by atoms with Gasteiger partial charge in [-0.15, -0.1) is 0 Å². The molecule has 1 aliphatic rings. The summed E-state index contributed by atoms with van der Waals surface area (Å²) >= 11 is 0. The molecule has 1 atom stereocenters. The number of para-hydroxylation sites is 1. The summed E-state index contributed by atoms with van der Waals surface area (Å²) in [6.07, 6.45) is 0.532. The van der Waals surface area contributed by atoms with Gasteiger partial charge in [0.1, 0.15) is 11.5 Å². The topological polar surface area (TPSA) is 68.2 Å². The van der Waals surface area contributed by atoms with Crippen molar-refractivity contribution in [2.24, 2.45) is 5.10 Å². The van der Waals surface area contributed by atoms with Gasteiger partial charge in [-0.1, -0.05) is 24.3 Å². The second-order valence-electron chi connectivity index (χ2n) is 5.99. The molecule has 0 spiro atoms. The summed E-state index contributed by atoms with van der Waals surface area (Å²) < 4.78 is 10.5. The van der Waals surface area contributed by atoms with Crippen LogP contribution in [0, 0.1) is 0 Å². The number of amides is 1. The molecule has 0 N–H and O–H groups in total. The highest BCUT2D eigenvalue weighted by molar-refractivity contribution is 6.05. The summed E-state index contributed by atoms with van der Waals surface area (Å²) in [6, 6.07) is 14.6. The first kappa shape index (κ1) is 17.7. The standard InChI is InChI=1S/C20H20N2O4/c1-13(23)22-19(15-8-10-16(25-3)11-9-15)12-18(21-22)17-6-4-5-7-20(17)26-14(2)24/h4-11,19H,12H2,1-3H3/t19-/m1/s1. The maximum atomic E-state index is 12.1. The molecule has 2 aromatic carbocycles. The first-order chi connectivity index (χ1) is 12.5. The van der Waals surface area contributed by atoms with E-state index in [-0.39, 0.29) is 11.9 Å². The Morgan fingerprint density at radius 2 is 1.77 bits per heavy atom. The third-order valence-corrected chi connectivity index (χ3v) is 4.19. The van der Waals surface area contributed by atoms with E-state index in [9.17, 15) is 9.59 Å². The summed E-state index contributed by atoms with van der Waals surface area (Å²) in [5.41, 5.74) is 2.38. The molecule has 2 aromatic rings. The highest BCUT2D eigenvalue weighted by Crippen LogP contribution is 2.35. The first-order valence-electron chi connectivity index (χ1n) is 8.28. The molecule has 0 aromatic heterocycles. The van der Waals surface area contributed by atoms with Gasteiger partial charge in [-0.05, 0) is 29.8 Å². The summed E-state index contributed by atoms with van der Waals surface area (Å²) in [4.78, 5) is 23.5. The summed E-state index contributed by atoms with van der Waals surface area (Å²) in [6.45, 7) is 2.84. The molecule has 0 fully saturated rings. The minimum absolute atomic E-state index is 0.147. The highest BCUT2D eigenvalue weighted by Gasteiger charge is 2.32. The van der Waals surface area contributed by atoms with Crippen LogP contribution in [-0.4, -0.2) is 29.7 Å². The number of nitrogens with zero attached hydrogens (tertiary/aromatic N) is 2. The van der Waals surface area contributed by atoms with Gasteiger partial charge >= 0.3 is 5.97 Å². The molecule has 3 rings (SSSR count). The van der Waals surface area contributed by atoms with Crippen molar-refractivity contribution in [3.63, 3.8) is 0 Å². The number of rotatable bonds is 4. The molecule has 0 aliphatic carbocycles. The quantitative estimate of drug-likeness (QED) is 0.625. The molecule has 1 amide bonds. The van der Waals surface area contributed by atoms with Crippen LogP contribution in [0.2, 0.25) is 0 Å². The number of ether oxygens (including phenoxy) is 2. The van der Waals surface area contributed by atoms with Crippen LogP contribution in [0.5, 0.6) is 11.5 Å². The fourth-order valence-electron chi connectivity index (χ4n) is 3.00. The van der Waals surface area contributed by atoms with Crippen LogP contribution in [0.1, 0.15) is 37.4 Å². The number of methoxy groups -OCH3 is 1. The van der Waals surface area contributed by atoms with Crippen molar-refractivity contribution in [3.8, 4) is 11.5 Å². The van der Waals surface area contributed by atoms with Crippen molar-refractivity contribution in [1.29, 1.82) is 0 Å². The third-order valence-electron chi connectivity index (χ3n) is 4.19. The van der Waals surface area contributed by atoms with Crippen LogP contribution in [0.15, 0.2) is 53.6 Å². The molecule has 6 nitrogen and oxygen atoms in total. The van der Waals surface area contributed by atoms with E-state index >= 15 is 0 Å². The zero-order valence-electron chi connectivity index (χ0n) is 14.9. The Labute approximate surface area is 152 Å². The second kappa shape index (κ2) is 7.39. The smallest absolute Gasteiger partial charge is 0.308 e. The van der Waals surface area contributed by atoms with Gasteiger partial charge in [-0.3, -0.25) is 9.59 Å². The lowest BCUT2D eigenvalue weighted by molar-refractivity contribution is -0.132. The fourth-order valence-corrected chi connectivity index (χ4v) is 3.00. The largest absolute Gasteiger partial charge is 0.497 e. The molecule has 0 radical (unpaired) electrons. The minimum atomic E-state index is -0.397. The van der Waals surface area contributed by atoms with Gasteiger partial charge in [0, 0.05) is 25.8 Å². The van der Waals surface area contributed by atoms with Crippen molar-refractivity contribution < 1.29 is 19.1 Å². The molecule has 1 aliphatic heterocycles. The average Bonchev–Trinajstić information content (AvgIpc) is 3.07. The van der Waals surface area contributed by atoms with Gasteiger partial charge in [0.15, 0.2) is 0 Å². The van der Waals surface area contributed by atoms with E-state index < -0.39 is 5.97 Å². The lowest BCUT2D eigenvalue weighted by Crippen LogP contribution is -2.24. The Balaban J connectivity index is 1.94. The average molecular weight is 352 g/mol. The third kappa shape index (κ3) is 3.59. The van der Waals surface area contributed by atoms with Crippen molar-refractivity contribution in [2.75, 3.05) is 7.11 Å². The lowest BCUT2D eigenvalue weighted by Gasteiger charge is -2.20. The molecular formula is C20H20N2O4. The maximum absolute atomic E-state index is 12.1. The predicted octanol–water partition coefficient (Wildman–Crippen LogP) is 3.32. The normalized spacial score (nSPS) is 16.2. The summed E-state index contributed by atoms with van der Waals surface area (Å²) in [5.74, 6) is 0.650. The predicted molar refractivity (Wildman–Crippen MR) is 97.2 cm³/mol. The van der Waals surface area contributed by atoms with Gasteiger partial charge in [0.25, 0.3) is 0 Å². The van der Waals surface area contributed by atoms with E-state index in [0.717, 1.165) is 11.3 Å². The van der Waals surface area contributed by atoms with Gasteiger partial charge in [-0.25, -0.2) is 5.01 Å². The Kier molecular flexibility index (Phi) is 5.02. The Morgan fingerprint density at radius 3 is 2.38 bits per heavy atom. The molecule has 1 heterocycles. The Morgan fingerprint density at radius 1 is 1.08 bits per heavy atom. The summed E-state index contributed by atoms with van der Waals surface area (Å²) in [7, 11) is 1.61. The number of carbonyl (C=O) groups is 2. The Hall–Kier alpha value is -3.15. The molecule has 0 saturated carbocycles. The molecule has 0 saturated heterocycles. The van der Waals surface area contributed by atoms with Gasteiger partial charge in [-0.2, -0.15) is 5.10 Å². The minimum Gasteiger partial charge on any atom is -0.497 e. The van der Waals surface area contributed by atoms with Gasteiger partial charge < -0.3 is 9.47 Å². The van der Waals surface area contributed by atoms with Crippen molar-refractivity contribution in [1.82, 2.24) is 5.01 Å². The SMILES string of the molecule is COc1ccc([C@H]2CC(c3ccccc3OC(C)=O)=NN2C(C)=O)cc1. The van der Waals surface area contributed by atoms with Crippen molar-refractivity contribution >= 4 is 17.6 Å². The molecule has 0 bridgehead atoms. The fraction of sp³-hybridized carbons (Fsp3) is 0.250. The second-order valence-corrected chi connectivity index (χ2v) is 5.99. The van der Waals surface area contributed by atoms with Crippen LogP contribution in [0.3, 0.4) is 0 Å². The van der Waals surface area contributed by atoms with E-state index in [2.05, 4.69) is 5.10 Å². The van der Waals surface area contributed by atoms with E-state index in [0.29, 0.717) is 23.4 Å². The molecule has 0 unspecified atom stereocenters. The molecule has 6 heteroatoms. The van der Waals surface area contributed by atoms with E-state index in [1.54, 1.807) is 19.2 Å². The molecule has 134 valence electrons. The molecule has 26 heavy (non-hydrogen) atoms. The van der Waals surface area contributed by atoms with Gasteiger partial charge in [0.05, 0.1) is 18.9 Å². The first-order valence-corrected chi connectivity index (χ1v) is 8.28. The Bertz CT molecular complexity index is 858. The van der Waals surface area contributed by atoms with E-state index in [4.69, 9.17) is 9.47 Å². The number of hydrogen-bond donors (Lipinski definition) is 0. The van der Waals surface area contributed by atoms with Crippen molar-refractivity contribution in [3.05, 3.63) is 59.7 Å².